The number of nitrogens with zero attached hydrogens (tertiary/aromatic N) is 1. The predicted octanol–water partition coefficient (Wildman–Crippen LogP) is 3.64. The van der Waals surface area contributed by atoms with E-state index in [0.717, 1.165) is 18.4 Å². The Morgan fingerprint density at radius 1 is 1.19 bits per heavy atom. The summed E-state index contributed by atoms with van der Waals surface area (Å²) in [5, 5.41) is 2.82. The molecule has 1 atom stereocenters. The molecule has 1 heterocycles. The van der Waals surface area contributed by atoms with Crippen molar-refractivity contribution < 1.29 is 22.7 Å². The molecule has 3 rings (SSSR count). The van der Waals surface area contributed by atoms with Crippen molar-refractivity contribution in [2.24, 2.45) is 22.6 Å². The van der Waals surface area contributed by atoms with E-state index >= 15 is 0 Å². The first-order chi connectivity index (χ1) is 12.8. The summed E-state index contributed by atoms with van der Waals surface area (Å²) in [6.07, 6.45) is -1.90. The van der Waals surface area contributed by atoms with Crippen LogP contribution < -0.4 is 11.1 Å². The Labute approximate surface area is 156 Å². The van der Waals surface area contributed by atoms with Crippen molar-refractivity contribution in [3.63, 3.8) is 0 Å². The number of carbonyl (C=O) groups is 1. The van der Waals surface area contributed by atoms with Crippen molar-refractivity contribution >= 4 is 17.6 Å². The second-order valence-electron chi connectivity index (χ2n) is 7.25. The fourth-order valence-corrected chi connectivity index (χ4v) is 3.60. The van der Waals surface area contributed by atoms with Gasteiger partial charge in [0.15, 0.2) is 0 Å². The monoisotopic (exact) mass is 383 g/mol. The Bertz CT molecular complexity index is 680. The van der Waals surface area contributed by atoms with Gasteiger partial charge < -0.3 is 15.8 Å². The number of amidine groups is 1. The van der Waals surface area contributed by atoms with Crippen LogP contribution in [-0.2, 0) is 16.0 Å². The van der Waals surface area contributed by atoms with Gasteiger partial charge in [0, 0.05) is 11.6 Å². The molecule has 1 amide bonds. The van der Waals surface area contributed by atoms with E-state index in [2.05, 4.69) is 10.3 Å². The minimum atomic E-state index is -4.15. The van der Waals surface area contributed by atoms with Crippen LogP contribution in [0.2, 0.25) is 0 Å². The number of nitrogens with two attached hydrogens (primary N) is 1. The van der Waals surface area contributed by atoms with Gasteiger partial charge in [-0.3, -0.25) is 4.79 Å². The van der Waals surface area contributed by atoms with Gasteiger partial charge in [-0.1, -0.05) is 12.1 Å². The van der Waals surface area contributed by atoms with Crippen molar-refractivity contribution in [1.29, 1.82) is 0 Å². The van der Waals surface area contributed by atoms with Gasteiger partial charge in [0.05, 0.1) is 12.0 Å². The lowest BCUT2D eigenvalue weighted by molar-refractivity contribution is -0.184. The number of rotatable bonds is 5. The van der Waals surface area contributed by atoms with Crippen LogP contribution in [0.15, 0.2) is 29.3 Å². The Morgan fingerprint density at radius 2 is 1.85 bits per heavy atom. The molecule has 1 aromatic carbocycles. The summed E-state index contributed by atoms with van der Waals surface area (Å²) in [7, 11) is 0. The highest BCUT2D eigenvalue weighted by Crippen LogP contribution is 2.39. The van der Waals surface area contributed by atoms with Crippen LogP contribution in [0.5, 0.6) is 0 Å². The van der Waals surface area contributed by atoms with E-state index in [0.29, 0.717) is 12.3 Å². The van der Waals surface area contributed by atoms with E-state index in [9.17, 15) is 18.0 Å². The van der Waals surface area contributed by atoms with Crippen LogP contribution >= 0.6 is 0 Å². The van der Waals surface area contributed by atoms with E-state index in [1.807, 2.05) is 24.3 Å². The molecule has 0 unspecified atom stereocenters. The number of hydrogen-bond acceptors (Lipinski definition) is 4. The summed E-state index contributed by atoms with van der Waals surface area (Å²) in [6.45, 7) is 0.510. The first-order valence-corrected chi connectivity index (χ1v) is 9.24. The van der Waals surface area contributed by atoms with Crippen molar-refractivity contribution in [3.8, 4) is 0 Å². The Balaban J connectivity index is 1.45. The third-order valence-corrected chi connectivity index (χ3v) is 5.28. The summed E-state index contributed by atoms with van der Waals surface area (Å²) in [6, 6.07) is 7.81. The van der Waals surface area contributed by atoms with Gasteiger partial charge in [0.25, 0.3) is 6.02 Å². The Kier molecular flexibility index (Phi) is 5.92. The smallest absolute Gasteiger partial charge is 0.391 e. The van der Waals surface area contributed by atoms with E-state index in [4.69, 9.17) is 10.5 Å². The highest BCUT2D eigenvalue weighted by molar-refractivity contribution is 5.92. The molecule has 1 aliphatic carbocycles. The zero-order valence-corrected chi connectivity index (χ0v) is 15.0. The molecule has 0 spiro atoms. The van der Waals surface area contributed by atoms with Crippen LogP contribution in [0.1, 0.15) is 37.7 Å². The SMILES string of the molecule is NC1=N[C@@H](CCc2ccc(NC(=O)C3CCC(C(F)(F)F)CC3)cc2)CO1. The van der Waals surface area contributed by atoms with Crippen molar-refractivity contribution in [2.45, 2.75) is 50.7 Å². The molecule has 27 heavy (non-hydrogen) atoms. The zero-order chi connectivity index (χ0) is 19.4. The minimum Gasteiger partial charge on any atom is -0.463 e. The van der Waals surface area contributed by atoms with Gasteiger partial charge in [-0.2, -0.15) is 13.2 Å². The number of aliphatic imine (C=N–C) groups is 1. The van der Waals surface area contributed by atoms with Crippen LogP contribution in [0.25, 0.3) is 0 Å². The molecule has 1 fully saturated rings. The summed E-state index contributed by atoms with van der Waals surface area (Å²) < 4.78 is 43.3. The minimum absolute atomic E-state index is 0.0262. The third kappa shape index (κ3) is 5.37. The number of ether oxygens (including phenoxy) is 1. The summed E-state index contributed by atoms with van der Waals surface area (Å²) in [4.78, 5) is 16.5. The molecule has 5 nitrogen and oxygen atoms in total. The first-order valence-electron chi connectivity index (χ1n) is 9.24. The molecule has 0 radical (unpaired) electrons. The average molecular weight is 383 g/mol. The molecule has 148 valence electrons. The van der Waals surface area contributed by atoms with Gasteiger partial charge >= 0.3 is 6.18 Å². The molecular weight excluding hydrogens is 359 g/mol. The molecule has 1 aromatic rings. The largest absolute Gasteiger partial charge is 0.463 e. The standard InChI is InChI=1S/C19H24F3N3O2/c20-19(21,22)14-6-4-13(5-7-14)17(26)24-15-8-1-12(2-9-15)3-10-16-11-27-18(23)25-16/h1-2,8-9,13-14,16H,3-7,10-11H2,(H2,23,25)(H,24,26)/t13?,14?,16-/m0/s1. The summed E-state index contributed by atoms with van der Waals surface area (Å²) >= 11 is 0. The molecule has 0 aromatic heterocycles. The summed E-state index contributed by atoms with van der Waals surface area (Å²) in [5.74, 6) is -1.82. The average Bonchev–Trinajstić information content (AvgIpc) is 3.06. The van der Waals surface area contributed by atoms with E-state index in [1.165, 1.54) is 0 Å². The third-order valence-electron chi connectivity index (χ3n) is 5.28. The van der Waals surface area contributed by atoms with Gasteiger partial charge in [-0.05, 0) is 56.2 Å². The van der Waals surface area contributed by atoms with Crippen molar-refractivity contribution in [2.75, 3.05) is 11.9 Å². The van der Waals surface area contributed by atoms with Crippen LogP contribution in [0.4, 0.5) is 18.9 Å². The quantitative estimate of drug-likeness (QED) is 0.815. The van der Waals surface area contributed by atoms with Gasteiger partial charge in [0.2, 0.25) is 5.91 Å². The maximum atomic E-state index is 12.7. The molecule has 0 bridgehead atoms. The highest BCUT2D eigenvalue weighted by atomic mass is 19.4. The second kappa shape index (κ2) is 8.19. The Morgan fingerprint density at radius 3 is 2.41 bits per heavy atom. The molecule has 8 heteroatoms. The normalized spacial score (nSPS) is 25.6. The number of anilines is 1. The van der Waals surface area contributed by atoms with E-state index in [-0.39, 0.29) is 49.6 Å². The van der Waals surface area contributed by atoms with Crippen LogP contribution in [0, 0.1) is 11.8 Å². The first kappa shape index (κ1) is 19.5. The lowest BCUT2D eigenvalue weighted by Gasteiger charge is -2.29. The highest BCUT2D eigenvalue weighted by Gasteiger charge is 2.42. The van der Waals surface area contributed by atoms with E-state index in [1.54, 1.807) is 0 Å². The second-order valence-corrected chi connectivity index (χ2v) is 7.25. The number of halogens is 3. The van der Waals surface area contributed by atoms with Gasteiger partial charge in [-0.15, -0.1) is 0 Å². The lowest BCUT2D eigenvalue weighted by atomic mass is 9.81. The number of hydrogen-bond donors (Lipinski definition) is 2. The van der Waals surface area contributed by atoms with Gasteiger partial charge in [0.1, 0.15) is 6.61 Å². The number of nitrogens with one attached hydrogen (secondary N) is 1. The van der Waals surface area contributed by atoms with Gasteiger partial charge in [-0.25, -0.2) is 4.99 Å². The number of alkyl halides is 3. The fraction of sp³-hybridized carbons (Fsp3) is 0.579. The maximum absolute atomic E-state index is 12.7. The Hall–Kier alpha value is -2.25. The zero-order valence-electron chi connectivity index (χ0n) is 15.0. The topological polar surface area (TPSA) is 76.7 Å². The van der Waals surface area contributed by atoms with Crippen molar-refractivity contribution in [3.05, 3.63) is 29.8 Å². The van der Waals surface area contributed by atoms with Crippen molar-refractivity contribution in [1.82, 2.24) is 0 Å². The number of aryl methyl sites for hydroxylation is 1. The van der Waals surface area contributed by atoms with E-state index < -0.39 is 12.1 Å². The molecule has 2 aliphatic rings. The molecular formula is C19H24F3N3O2. The van der Waals surface area contributed by atoms with Crippen LogP contribution in [0.3, 0.4) is 0 Å². The number of carbonyl (C=O) groups excluding carboxylic acids is 1. The molecule has 1 saturated carbocycles. The number of benzene rings is 1. The molecule has 3 N–H and O–H groups in total. The summed E-state index contributed by atoms with van der Waals surface area (Å²) in [5.41, 5.74) is 7.25. The fourth-order valence-electron chi connectivity index (χ4n) is 3.60. The molecule has 0 saturated heterocycles. The predicted molar refractivity (Wildman–Crippen MR) is 96.3 cm³/mol. The maximum Gasteiger partial charge on any atom is 0.391 e. The van der Waals surface area contributed by atoms with Crippen LogP contribution in [-0.4, -0.2) is 30.8 Å². The lowest BCUT2D eigenvalue weighted by Crippen LogP contribution is -2.32. The molecule has 1 aliphatic heterocycles. The number of amides is 1.